The first-order chi connectivity index (χ1) is 9.75. The Balaban J connectivity index is 0.00000161. The van der Waals surface area contributed by atoms with Crippen LogP contribution in [0.1, 0.15) is 22.0 Å². The standard InChI is InChI=1S/C15H15ClN2OS.ClH/c16-13-3-1-2-11(8-13)14-9-17-5-6-18(14)15(19)12-4-7-20-10-12;/h1-4,7-8,10,14,17H,5-6,9H2;1H. The minimum atomic E-state index is 0. The average Bonchev–Trinajstić information content (AvgIpc) is 3.01. The zero-order valence-corrected chi connectivity index (χ0v) is 13.7. The largest absolute Gasteiger partial charge is 0.329 e. The van der Waals surface area contributed by atoms with E-state index in [1.165, 1.54) is 0 Å². The highest BCUT2D eigenvalue weighted by atomic mass is 35.5. The first-order valence-corrected chi connectivity index (χ1v) is 7.87. The number of carbonyl (C=O) groups excluding carboxylic acids is 1. The van der Waals surface area contributed by atoms with Gasteiger partial charge in [-0.05, 0) is 29.1 Å². The number of piperazine rings is 1. The molecule has 1 fully saturated rings. The summed E-state index contributed by atoms with van der Waals surface area (Å²) in [4.78, 5) is 14.5. The molecule has 3 rings (SSSR count). The van der Waals surface area contributed by atoms with Crippen LogP contribution in [0.2, 0.25) is 5.02 Å². The second-order valence-corrected chi connectivity index (χ2v) is 6.00. The van der Waals surface area contributed by atoms with Crippen molar-refractivity contribution in [1.82, 2.24) is 10.2 Å². The van der Waals surface area contributed by atoms with E-state index in [1.807, 2.05) is 46.0 Å². The number of halogens is 2. The van der Waals surface area contributed by atoms with Crippen LogP contribution in [0, 0.1) is 0 Å². The fourth-order valence-corrected chi connectivity index (χ4v) is 3.34. The number of carbonyl (C=O) groups is 1. The van der Waals surface area contributed by atoms with E-state index in [4.69, 9.17) is 11.6 Å². The molecule has 0 spiro atoms. The normalized spacial score (nSPS) is 18.1. The zero-order chi connectivity index (χ0) is 13.9. The lowest BCUT2D eigenvalue weighted by Gasteiger charge is -2.36. The van der Waals surface area contributed by atoms with Gasteiger partial charge >= 0.3 is 0 Å². The van der Waals surface area contributed by atoms with Crippen LogP contribution in [0.15, 0.2) is 41.1 Å². The molecule has 1 aliphatic rings. The van der Waals surface area contributed by atoms with Crippen LogP contribution in [0.5, 0.6) is 0 Å². The van der Waals surface area contributed by atoms with Gasteiger partial charge in [0.05, 0.1) is 11.6 Å². The summed E-state index contributed by atoms with van der Waals surface area (Å²) in [5.74, 6) is 0.0951. The molecule has 21 heavy (non-hydrogen) atoms. The van der Waals surface area contributed by atoms with Crippen LogP contribution < -0.4 is 5.32 Å². The van der Waals surface area contributed by atoms with Gasteiger partial charge in [0, 0.05) is 30.0 Å². The molecule has 1 aromatic carbocycles. The highest BCUT2D eigenvalue weighted by molar-refractivity contribution is 7.08. The SMILES string of the molecule is Cl.O=C(c1ccsc1)N1CCNCC1c1cccc(Cl)c1. The summed E-state index contributed by atoms with van der Waals surface area (Å²) >= 11 is 7.62. The van der Waals surface area contributed by atoms with Crippen LogP contribution in [-0.4, -0.2) is 30.4 Å². The molecule has 1 N–H and O–H groups in total. The lowest BCUT2D eigenvalue weighted by Crippen LogP contribution is -2.48. The second-order valence-electron chi connectivity index (χ2n) is 4.79. The lowest BCUT2D eigenvalue weighted by atomic mass is 10.0. The van der Waals surface area contributed by atoms with Gasteiger partial charge in [0.25, 0.3) is 5.91 Å². The number of thiophene rings is 1. The van der Waals surface area contributed by atoms with Crippen molar-refractivity contribution >= 4 is 41.3 Å². The van der Waals surface area contributed by atoms with Gasteiger partial charge in [0.15, 0.2) is 0 Å². The number of hydrogen-bond acceptors (Lipinski definition) is 3. The predicted molar refractivity (Wildman–Crippen MR) is 89.7 cm³/mol. The molecule has 1 aromatic heterocycles. The van der Waals surface area contributed by atoms with Gasteiger partial charge in [0.2, 0.25) is 0 Å². The molecule has 0 saturated carbocycles. The number of rotatable bonds is 2. The molecule has 0 bridgehead atoms. The molecule has 1 amide bonds. The molecule has 0 radical (unpaired) electrons. The summed E-state index contributed by atoms with van der Waals surface area (Å²) in [6.45, 7) is 2.30. The first-order valence-electron chi connectivity index (χ1n) is 6.55. The van der Waals surface area contributed by atoms with E-state index in [9.17, 15) is 4.79 Å². The molecular weight excluding hydrogens is 327 g/mol. The van der Waals surface area contributed by atoms with Crippen molar-refractivity contribution in [3.63, 3.8) is 0 Å². The molecule has 3 nitrogen and oxygen atoms in total. The van der Waals surface area contributed by atoms with Gasteiger partial charge in [0.1, 0.15) is 0 Å². The van der Waals surface area contributed by atoms with Crippen LogP contribution >= 0.6 is 35.3 Å². The first kappa shape index (κ1) is 16.3. The second kappa shape index (κ2) is 7.27. The van der Waals surface area contributed by atoms with Crippen LogP contribution in [0.4, 0.5) is 0 Å². The van der Waals surface area contributed by atoms with Crippen molar-refractivity contribution in [1.29, 1.82) is 0 Å². The lowest BCUT2D eigenvalue weighted by molar-refractivity contribution is 0.0635. The van der Waals surface area contributed by atoms with E-state index >= 15 is 0 Å². The topological polar surface area (TPSA) is 32.3 Å². The van der Waals surface area contributed by atoms with Gasteiger partial charge in [-0.2, -0.15) is 11.3 Å². The Labute approximate surface area is 139 Å². The van der Waals surface area contributed by atoms with Crippen molar-refractivity contribution in [2.45, 2.75) is 6.04 Å². The fraction of sp³-hybridized carbons (Fsp3) is 0.267. The maximum atomic E-state index is 12.6. The van der Waals surface area contributed by atoms with Gasteiger partial charge in [-0.15, -0.1) is 12.4 Å². The minimum Gasteiger partial charge on any atom is -0.329 e. The van der Waals surface area contributed by atoms with E-state index in [1.54, 1.807) is 11.3 Å². The summed E-state index contributed by atoms with van der Waals surface area (Å²) in [7, 11) is 0. The number of benzene rings is 1. The average molecular weight is 343 g/mol. The fourth-order valence-electron chi connectivity index (χ4n) is 2.51. The Morgan fingerprint density at radius 3 is 2.95 bits per heavy atom. The highest BCUT2D eigenvalue weighted by Crippen LogP contribution is 2.26. The maximum absolute atomic E-state index is 12.6. The Morgan fingerprint density at radius 2 is 2.24 bits per heavy atom. The number of nitrogens with zero attached hydrogens (tertiary/aromatic N) is 1. The molecule has 0 aliphatic carbocycles. The molecule has 1 atom stereocenters. The van der Waals surface area contributed by atoms with Crippen molar-refractivity contribution in [3.05, 3.63) is 57.2 Å². The van der Waals surface area contributed by atoms with Crippen LogP contribution in [0.25, 0.3) is 0 Å². The quantitative estimate of drug-likeness (QED) is 0.904. The van der Waals surface area contributed by atoms with E-state index in [-0.39, 0.29) is 24.4 Å². The van der Waals surface area contributed by atoms with E-state index in [0.29, 0.717) is 11.6 Å². The molecule has 2 heterocycles. The Kier molecular flexibility index (Phi) is 5.65. The van der Waals surface area contributed by atoms with Gasteiger partial charge in [-0.1, -0.05) is 23.7 Å². The summed E-state index contributed by atoms with van der Waals surface area (Å²) in [5.41, 5.74) is 1.84. The van der Waals surface area contributed by atoms with Crippen LogP contribution in [0.3, 0.4) is 0 Å². The highest BCUT2D eigenvalue weighted by Gasteiger charge is 2.28. The number of hydrogen-bond donors (Lipinski definition) is 1. The molecular formula is C15H16Cl2N2OS. The Bertz CT molecular complexity index is 603. The van der Waals surface area contributed by atoms with Gasteiger partial charge < -0.3 is 10.2 Å². The van der Waals surface area contributed by atoms with E-state index in [2.05, 4.69) is 5.32 Å². The third-order valence-electron chi connectivity index (χ3n) is 3.51. The third kappa shape index (κ3) is 3.58. The summed E-state index contributed by atoms with van der Waals surface area (Å²) < 4.78 is 0. The molecule has 112 valence electrons. The molecule has 1 unspecified atom stereocenters. The predicted octanol–water partition coefficient (Wildman–Crippen LogP) is 3.61. The monoisotopic (exact) mass is 342 g/mol. The van der Waals surface area contributed by atoms with E-state index < -0.39 is 0 Å². The van der Waals surface area contributed by atoms with Crippen LogP contribution in [-0.2, 0) is 0 Å². The van der Waals surface area contributed by atoms with Crippen molar-refractivity contribution in [2.24, 2.45) is 0 Å². The number of amides is 1. The van der Waals surface area contributed by atoms with Crippen molar-refractivity contribution in [3.8, 4) is 0 Å². The van der Waals surface area contributed by atoms with Crippen molar-refractivity contribution < 1.29 is 4.79 Å². The molecule has 1 aliphatic heterocycles. The smallest absolute Gasteiger partial charge is 0.255 e. The van der Waals surface area contributed by atoms with Gasteiger partial charge in [-0.25, -0.2) is 0 Å². The van der Waals surface area contributed by atoms with Gasteiger partial charge in [-0.3, -0.25) is 4.79 Å². The number of nitrogens with one attached hydrogen (secondary N) is 1. The molecule has 2 aromatic rings. The minimum absolute atomic E-state index is 0. The maximum Gasteiger partial charge on any atom is 0.255 e. The third-order valence-corrected chi connectivity index (χ3v) is 4.42. The Morgan fingerprint density at radius 1 is 1.38 bits per heavy atom. The molecule has 6 heteroatoms. The van der Waals surface area contributed by atoms with Crippen molar-refractivity contribution in [2.75, 3.05) is 19.6 Å². The summed E-state index contributed by atoms with van der Waals surface area (Å²) in [6.07, 6.45) is 0. The zero-order valence-electron chi connectivity index (χ0n) is 11.3. The Hall–Kier alpha value is -1.07. The van der Waals surface area contributed by atoms with E-state index in [0.717, 1.165) is 24.2 Å². The summed E-state index contributed by atoms with van der Waals surface area (Å²) in [6, 6.07) is 9.66. The molecule has 1 saturated heterocycles. The summed E-state index contributed by atoms with van der Waals surface area (Å²) in [5, 5.41) is 7.89.